The number of carboxylic acid groups (broad SMARTS) is 1. The first-order valence-corrected chi connectivity index (χ1v) is 5.68. The minimum absolute atomic E-state index is 0.0222. The molecule has 0 aromatic carbocycles. The van der Waals surface area contributed by atoms with E-state index in [0.29, 0.717) is 25.3 Å². The van der Waals surface area contributed by atoms with E-state index in [1.807, 2.05) is 6.92 Å². The standard InChI is InChI=1S/C12H14N2O4/c1-8-7-14(4-5-18-8)11(15)9-2-3-10(12(16)17)13-6-9/h2-3,6,8H,4-5,7H2,1H3,(H,16,17). The van der Waals surface area contributed by atoms with Gasteiger partial charge in [-0.25, -0.2) is 9.78 Å². The van der Waals surface area contributed by atoms with E-state index in [1.54, 1.807) is 4.90 Å². The van der Waals surface area contributed by atoms with Crippen LogP contribution in [0.25, 0.3) is 0 Å². The van der Waals surface area contributed by atoms with Gasteiger partial charge in [0, 0.05) is 19.3 Å². The molecule has 96 valence electrons. The minimum Gasteiger partial charge on any atom is -0.477 e. The van der Waals surface area contributed by atoms with E-state index in [2.05, 4.69) is 4.98 Å². The first-order chi connectivity index (χ1) is 8.58. The zero-order valence-corrected chi connectivity index (χ0v) is 10.00. The van der Waals surface area contributed by atoms with Crippen molar-refractivity contribution in [1.29, 1.82) is 0 Å². The lowest BCUT2D eigenvalue weighted by Gasteiger charge is -2.31. The van der Waals surface area contributed by atoms with Crippen molar-refractivity contribution in [3.05, 3.63) is 29.6 Å². The van der Waals surface area contributed by atoms with Crippen LogP contribution in [0.3, 0.4) is 0 Å². The molecule has 1 N–H and O–H groups in total. The molecule has 2 heterocycles. The maximum absolute atomic E-state index is 12.1. The summed E-state index contributed by atoms with van der Waals surface area (Å²) in [4.78, 5) is 28.2. The number of hydrogen-bond acceptors (Lipinski definition) is 4. The number of pyridine rings is 1. The maximum Gasteiger partial charge on any atom is 0.354 e. The highest BCUT2D eigenvalue weighted by Crippen LogP contribution is 2.10. The smallest absolute Gasteiger partial charge is 0.354 e. The first-order valence-electron chi connectivity index (χ1n) is 5.68. The van der Waals surface area contributed by atoms with E-state index in [1.165, 1.54) is 18.3 Å². The molecule has 18 heavy (non-hydrogen) atoms. The molecule has 1 atom stereocenters. The Morgan fingerprint density at radius 1 is 1.50 bits per heavy atom. The van der Waals surface area contributed by atoms with E-state index in [-0.39, 0.29) is 17.7 Å². The van der Waals surface area contributed by atoms with Crippen molar-refractivity contribution < 1.29 is 19.4 Å². The van der Waals surface area contributed by atoms with Crippen molar-refractivity contribution in [2.75, 3.05) is 19.7 Å². The molecule has 1 aliphatic heterocycles. The second-order valence-corrected chi connectivity index (χ2v) is 4.17. The van der Waals surface area contributed by atoms with Gasteiger partial charge in [0.2, 0.25) is 0 Å². The number of hydrogen-bond donors (Lipinski definition) is 1. The number of carboxylic acids is 1. The second-order valence-electron chi connectivity index (χ2n) is 4.17. The molecular weight excluding hydrogens is 236 g/mol. The fraction of sp³-hybridized carbons (Fsp3) is 0.417. The third kappa shape index (κ3) is 2.65. The monoisotopic (exact) mass is 250 g/mol. The van der Waals surface area contributed by atoms with E-state index in [0.717, 1.165) is 0 Å². The Hall–Kier alpha value is -1.95. The predicted octanol–water partition coefficient (Wildman–Crippen LogP) is 0.641. The Morgan fingerprint density at radius 3 is 2.83 bits per heavy atom. The summed E-state index contributed by atoms with van der Waals surface area (Å²) in [5, 5.41) is 8.72. The van der Waals surface area contributed by atoms with Crippen LogP contribution in [0.1, 0.15) is 27.8 Å². The van der Waals surface area contributed by atoms with Crippen LogP contribution >= 0.6 is 0 Å². The van der Waals surface area contributed by atoms with Crippen molar-refractivity contribution in [2.24, 2.45) is 0 Å². The Kier molecular flexibility index (Phi) is 3.57. The minimum atomic E-state index is -1.10. The Labute approximate surface area is 104 Å². The lowest BCUT2D eigenvalue weighted by atomic mass is 10.2. The molecule has 1 aromatic heterocycles. The van der Waals surface area contributed by atoms with Crippen LogP contribution in [0, 0.1) is 0 Å². The average Bonchev–Trinajstić information content (AvgIpc) is 2.38. The number of aromatic carboxylic acids is 1. The summed E-state index contributed by atoms with van der Waals surface area (Å²) in [6.07, 6.45) is 1.32. The molecule has 1 fully saturated rings. The molecule has 0 saturated carbocycles. The third-order valence-corrected chi connectivity index (χ3v) is 2.76. The Morgan fingerprint density at radius 2 is 2.28 bits per heavy atom. The predicted molar refractivity (Wildman–Crippen MR) is 62.5 cm³/mol. The van der Waals surface area contributed by atoms with Gasteiger partial charge in [-0.15, -0.1) is 0 Å². The van der Waals surface area contributed by atoms with Crippen molar-refractivity contribution >= 4 is 11.9 Å². The van der Waals surface area contributed by atoms with Gasteiger partial charge in [-0.05, 0) is 19.1 Å². The number of carbonyl (C=O) groups excluding carboxylic acids is 1. The van der Waals surface area contributed by atoms with Crippen LogP contribution in [-0.4, -0.2) is 52.7 Å². The molecule has 6 nitrogen and oxygen atoms in total. The zero-order valence-electron chi connectivity index (χ0n) is 10.00. The number of morpholine rings is 1. The Bertz CT molecular complexity index is 458. The zero-order chi connectivity index (χ0) is 13.1. The molecule has 1 aromatic rings. The average molecular weight is 250 g/mol. The van der Waals surface area contributed by atoms with Crippen LogP contribution in [-0.2, 0) is 4.74 Å². The normalized spacial score (nSPS) is 19.6. The van der Waals surface area contributed by atoms with Crippen LogP contribution < -0.4 is 0 Å². The Balaban J connectivity index is 2.10. The molecule has 1 saturated heterocycles. The summed E-state index contributed by atoms with van der Waals surface area (Å²) in [6.45, 7) is 3.52. The summed E-state index contributed by atoms with van der Waals surface area (Å²) in [5.41, 5.74) is 0.330. The number of nitrogens with zero attached hydrogens (tertiary/aromatic N) is 2. The second kappa shape index (κ2) is 5.14. The van der Waals surface area contributed by atoms with Gasteiger partial charge >= 0.3 is 5.97 Å². The highest BCUT2D eigenvalue weighted by atomic mass is 16.5. The number of amides is 1. The van der Waals surface area contributed by atoms with E-state index in [9.17, 15) is 9.59 Å². The number of ether oxygens (including phenoxy) is 1. The highest BCUT2D eigenvalue weighted by molar-refractivity contribution is 5.95. The van der Waals surface area contributed by atoms with Gasteiger partial charge in [0.25, 0.3) is 5.91 Å². The summed E-state index contributed by atoms with van der Waals surface area (Å²) in [5.74, 6) is -1.25. The molecule has 0 spiro atoms. The van der Waals surface area contributed by atoms with Crippen LogP contribution in [0.5, 0.6) is 0 Å². The number of carbonyl (C=O) groups is 2. The SMILES string of the molecule is CC1CN(C(=O)c2ccc(C(=O)O)nc2)CCO1. The molecule has 2 rings (SSSR count). The third-order valence-electron chi connectivity index (χ3n) is 2.76. The van der Waals surface area contributed by atoms with Gasteiger partial charge in [-0.1, -0.05) is 0 Å². The maximum atomic E-state index is 12.1. The fourth-order valence-corrected chi connectivity index (χ4v) is 1.83. The number of rotatable bonds is 2. The molecule has 1 unspecified atom stereocenters. The highest BCUT2D eigenvalue weighted by Gasteiger charge is 2.22. The van der Waals surface area contributed by atoms with Gasteiger partial charge in [-0.2, -0.15) is 0 Å². The van der Waals surface area contributed by atoms with Crippen molar-refractivity contribution in [2.45, 2.75) is 13.0 Å². The number of aromatic nitrogens is 1. The lowest BCUT2D eigenvalue weighted by Crippen LogP contribution is -2.44. The largest absolute Gasteiger partial charge is 0.477 e. The van der Waals surface area contributed by atoms with Crippen molar-refractivity contribution in [1.82, 2.24) is 9.88 Å². The van der Waals surface area contributed by atoms with Gasteiger partial charge in [0.15, 0.2) is 0 Å². The molecule has 1 aliphatic rings. The van der Waals surface area contributed by atoms with E-state index in [4.69, 9.17) is 9.84 Å². The van der Waals surface area contributed by atoms with Gasteiger partial charge in [0.1, 0.15) is 5.69 Å². The summed E-state index contributed by atoms with van der Waals surface area (Å²) in [7, 11) is 0. The molecular formula is C12H14N2O4. The molecule has 0 aliphatic carbocycles. The molecule has 0 radical (unpaired) electrons. The van der Waals surface area contributed by atoms with Crippen LogP contribution in [0.4, 0.5) is 0 Å². The van der Waals surface area contributed by atoms with Gasteiger partial charge < -0.3 is 14.7 Å². The van der Waals surface area contributed by atoms with Gasteiger partial charge in [-0.3, -0.25) is 4.79 Å². The molecule has 0 bridgehead atoms. The first kappa shape index (κ1) is 12.5. The molecule has 6 heteroatoms. The van der Waals surface area contributed by atoms with E-state index >= 15 is 0 Å². The van der Waals surface area contributed by atoms with Crippen molar-refractivity contribution in [3.63, 3.8) is 0 Å². The van der Waals surface area contributed by atoms with E-state index < -0.39 is 5.97 Å². The van der Waals surface area contributed by atoms with Gasteiger partial charge in [0.05, 0.1) is 18.3 Å². The summed E-state index contributed by atoms with van der Waals surface area (Å²) in [6, 6.07) is 2.82. The topological polar surface area (TPSA) is 79.7 Å². The molecule has 1 amide bonds. The quantitative estimate of drug-likeness (QED) is 0.833. The summed E-state index contributed by atoms with van der Waals surface area (Å²) < 4.78 is 5.36. The summed E-state index contributed by atoms with van der Waals surface area (Å²) >= 11 is 0. The van der Waals surface area contributed by atoms with Crippen LogP contribution in [0.15, 0.2) is 18.3 Å². The lowest BCUT2D eigenvalue weighted by molar-refractivity contribution is -0.0124. The fourth-order valence-electron chi connectivity index (χ4n) is 1.83. The van der Waals surface area contributed by atoms with Crippen molar-refractivity contribution in [3.8, 4) is 0 Å². The van der Waals surface area contributed by atoms with Crippen LogP contribution in [0.2, 0.25) is 0 Å².